The molecule has 15 heavy (non-hydrogen) atoms. The van der Waals surface area contributed by atoms with E-state index in [9.17, 15) is 9.59 Å². The molecule has 0 unspecified atom stereocenters. The van der Waals surface area contributed by atoms with Crippen molar-refractivity contribution < 1.29 is 19.8 Å². The molecule has 0 spiro atoms. The molecule has 1 saturated carbocycles. The molecule has 0 radical (unpaired) electrons. The van der Waals surface area contributed by atoms with Gasteiger partial charge >= 0.3 is 11.9 Å². The lowest BCUT2D eigenvalue weighted by atomic mass is 9.68. The smallest absolute Gasteiger partial charge is 0.321 e. The van der Waals surface area contributed by atoms with Crippen LogP contribution in [0.1, 0.15) is 39.5 Å². The molecule has 1 fully saturated rings. The highest BCUT2D eigenvalue weighted by Crippen LogP contribution is 2.41. The van der Waals surface area contributed by atoms with Crippen molar-refractivity contribution >= 4 is 11.9 Å². The number of carbonyl (C=O) groups is 2. The average molecular weight is 214 g/mol. The van der Waals surface area contributed by atoms with Gasteiger partial charge in [-0.1, -0.05) is 13.8 Å². The standard InChI is InChI=1S/C11H18O4/c1-7(2)8-3-5-11(6-4-8,9(12)13)10(14)15/h7-8H,3-6H2,1-2H3,(H,12,13)(H,14,15). The first-order chi connectivity index (χ1) is 6.90. The van der Waals surface area contributed by atoms with Gasteiger partial charge in [-0.15, -0.1) is 0 Å². The van der Waals surface area contributed by atoms with Crippen LogP contribution in [0, 0.1) is 17.3 Å². The summed E-state index contributed by atoms with van der Waals surface area (Å²) in [5, 5.41) is 18.0. The summed E-state index contributed by atoms with van der Waals surface area (Å²) in [7, 11) is 0. The lowest BCUT2D eigenvalue weighted by Crippen LogP contribution is -2.43. The minimum atomic E-state index is -1.52. The zero-order chi connectivity index (χ0) is 11.6. The molecule has 4 nitrogen and oxygen atoms in total. The van der Waals surface area contributed by atoms with Gasteiger partial charge in [-0.25, -0.2) is 0 Å². The Kier molecular flexibility index (Phi) is 3.37. The summed E-state index contributed by atoms with van der Waals surface area (Å²) in [6.45, 7) is 4.19. The van der Waals surface area contributed by atoms with Crippen LogP contribution in [0.4, 0.5) is 0 Å². The van der Waals surface area contributed by atoms with Crippen molar-refractivity contribution in [2.45, 2.75) is 39.5 Å². The Balaban J connectivity index is 2.75. The van der Waals surface area contributed by atoms with Crippen molar-refractivity contribution in [3.8, 4) is 0 Å². The second-order valence-electron chi connectivity index (χ2n) is 4.77. The molecule has 0 aromatic heterocycles. The van der Waals surface area contributed by atoms with Gasteiger partial charge in [0, 0.05) is 0 Å². The second kappa shape index (κ2) is 4.21. The quantitative estimate of drug-likeness (QED) is 0.704. The van der Waals surface area contributed by atoms with Crippen molar-refractivity contribution in [3.05, 3.63) is 0 Å². The summed E-state index contributed by atoms with van der Waals surface area (Å²) >= 11 is 0. The largest absolute Gasteiger partial charge is 0.480 e. The molecule has 2 N–H and O–H groups in total. The van der Waals surface area contributed by atoms with E-state index in [-0.39, 0.29) is 12.8 Å². The van der Waals surface area contributed by atoms with Crippen LogP contribution in [0.3, 0.4) is 0 Å². The molecule has 4 heteroatoms. The van der Waals surface area contributed by atoms with Crippen LogP contribution < -0.4 is 0 Å². The molecule has 0 amide bonds. The number of rotatable bonds is 3. The van der Waals surface area contributed by atoms with Crippen LogP contribution in [-0.2, 0) is 9.59 Å². The highest BCUT2D eigenvalue weighted by Gasteiger charge is 2.48. The molecule has 1 aliphatic carbocycles. The molecule has 0 atom stereocenters. The van der Waals surface area contributed by atoms with Crippen LogP contribution in [0.5, 0.6) is 0 Å². The van der Waals surface area contributed by atoms with E-state index in [1.54, 1.807) is 0 Å². The SMILES string of the molecule is CC(C)C1CCC(C(=O)O)(C(=O)O)CC1. The molecular weight excluding hydrogens is 196 g/mol. The Morgan fingerprint density at radius 1 is 1.13 bits per heavy atom. The van der Waals surface area contributed by atoms with E-state index >= 15 is 0 Å². The Labute approximate surface area is 89.3 Å². The highest BCUT2D eigenvalue weighted by atomic mass is 16.4. The van der Waals surface area contributed by atoms with Gasteiger partial charge in [0.2, 0.25) is 0 Å². The third-order valence-electron chi connectivity index (χ3n) is 3.65. The predicted octanol–water partition coefficient (Wildman–Crippen LogP) is 1.99. The van der Waals surface area contributed by atoms with Gasteiger partial charge in [-0.2, -0.15) is 0 Å². The normalized spacial score (nSPS) is 21.5. The summed E-state index contributed by atoms with van der Waals surface area (Å²) in [4.78, 5) is 22.0. The van der Waals surface area contributed by atoms with Gasteiger partial charge in [-0.3, -0.25) is 9.59 Å². The first-order valence-corrected chi connectivity index (χ1v) is 5.37. The Morgan fingerprint density at radius 2 is 1.53 bits per heavy atom. The van der Waals surface area contributed by atoms with Crippen LogP contribution in [-0.4, -0.2) is 22.2 Å². The fourth-order valence-corrected chi connectivity index (χ4v) is 2.32. The van der Waals surface area contributed by atoms with Gasteiger partial charge < -0.3 is 10.2 Å². The van der Waals surface area contributed by atoms with Gasteiger partial charge in [-0.05, 0) is 37.5 Å². The first-order valence-electron chi connectivity index (χ1n) is 5.37. The third kappa shape index (κ3) is 2.13. The number of hydrogen-bond donors (Lipinski definition) is 2. The zero-order valence-electron chi connectivity index (χ0n) is 9.19. The van der Waals surface area contributed by atoms with E-state index in [1.807, 2.05) is 0 Å². The minimum Gasteiger partial charge on any atom is -0.480 e. The van der Waals surface area contributed by atoms with Crippen LogP contribution >= 0.6 is 0 Å². The highest BCUT2D eigenvalue weighted by molar-refractivity contribution is 5.98. The predicted molar refractivity (Wildman–Crippen MR) is 54.5 cm³/mol. The maximum absolute atomic E-state index is 11.0. The molecule has 0 bridgehead atoms. The van der Waals surface area contributed by atoms with Gasteiger partial charge in [0.25, 0.3) is 0 Å². The molecule has 0 aliphatic heterocycles. The lowest BCUT2D eigenvalue weighted by Gasteiger charge is -2.35. The monoisotopic (exact) mass is 214 g/mol. The Morgan fingerprint density at radius 3 is 1.80 bits per heavy atom. The number of hydrogen-bond acceptors (Lipinski definition) is 2. The average Bonchev–Trinajstić information content (AvgIpc) is 2.17. The Hall–Kier alpha value is -1.06. The van der Waals surface area contributed by atoms with E-state index in [0.717, 1.165) is 0 Å². The van der Waals surface area contributed by atoms with Crippen molar-refractivity contribution in [1.82, 2.24) is 0 Å². The topological polar surface area (TPSA) is 74.6 Å². The van der Waals surface area contributed by atoms with E-state index in [2.05, 4.69) is 13.8 Å². The molecule has 1 aliphatic rings. The summed E-state index contributed by atoms with van der Waals surface area (Å²) in [6, 6.07) is 0. The molecule has 0 aromatic carbocycles. The number of aliphatic carboxylic acids is 2. The van der Waals surface area contributed by atoms with E-state index in [0.29, 0.717) is 24.7 Å². The maximum Gasteiger partial charge on any atom is 0.321 e. The van der Waals surface area contributed by atoms with Crippen molar-refractivity contribution in [2.24, 2.45) is 17.3 Å². The molecule has 86 valence electrons. The van der Waals surface area contributed by atoms with Gasteiger partial charge in [0.15, 0.2) is 5.41 Å². The van der Waals surface area contributed by atoms with Crippen molar-refractivity contribution in [2.75, 3.05) is 0 Å². The molecule has 0 heterocycles. The second-order valence-corrected chi connectivity index (χ2v) is 4.77. The van der Waals surface area contributed by atoms with Gasteiger partial charge in [0.1, 0.15) is 0 Å². The summed E-state index contributed by atoms with van der Waals surface area (Å²) in [6.07, 6.45) is 1.94. The van der Waals surface area contributed by atoms with Crippen LogP contribution in [0.15, 0.2) is 0 Å². The molecule has 0 saturated heterocycles. The van der Waals surface area contributed by atoms with E-state index < -0.39 is 17.4 Å². The number of carboxylic acid groups (broad SMARTS) is 2. The fraction of sp³-hybridized carbons (Fsp3) is 0.818. The van der Waals surface area contributed by atoms with Crippen molar-refractivity contribution in [3.63, 3.8) is 0 Å². The minimum absolute atomic E-state index is 0.264. The summed E-state index contributed by atoms with van der Waals surface area (Å²) in [5.41, 5.74) is -1.52. The summed E-state index contributed by atoms with van der Waals surface area (Å²) < 4.78 is 0. The zero-order valence-corrected chi connectivity index (χ0v) is 9.19. The molecule has 0 aromatic rings. The van der Waals surface area contributed by atoms with Crippen LogP contribution in [0.25, 0.3) is 0 Å². The molecule has 1 rings (SSSR count). The maximum atomic E-state index is 11.0. The van der Waals surface area contributed by atoms with E-state index in [4.69, 9.17) is 10.2 Å². The van der Waals surface area contributed by atoms with E-state index in [1.165, 1.54) is 0 Å². The summed E-state index contributed by atoms with van der Waals surface area (Å²) in [5.74, 6) is -1.39. The lowest BCUT2D eigenvalue weighted by molar-refractivity contribution is -0.168. The fourth-order valence-electron chi connectivity index (χ4n) is 2.32. The van der Waals surface area contributed by atoms with Crippen molar-refractivity contribution in [1.29, 1.82) is 0 Å². The van der Waals surface area contributed by atoms with Gasteiger partial charge in [0.05, 0.1) is 0 Å². The molecular formula is C11H18O4. The third-order valence-corrected chi connectivity index (χ3v) is 3.65. The van der Waals surface area contributed by atoms with Crippen LogP contribution in [0.2, 0.25) is 0 Å². The number of carboxylic acids is 2. The first kappa shape index (κ1) is 12.0. The Bertz CT molecular complexity index is 246.